The van der Waals surface area contributed by atoms with Crippen LogP contribution in [0, 0.1) is 52.5 Å². The standard InChI is InChI=1S/C21H10F8N6O/c1-6-2-7(4-9-11(22)15(26)19(32-34-30)16(27)12(9)23)21(36)8(3-6)5-10-13(24)17(28)20(33-35-31)18(29)14(10)25/h4-6H,2-3H2,1H3. The smallest absolute Gasteiger partial charge is 0.185 e. The number of benzene rings is 2. The van der Waals surface area contributed by atoms with Gasteiger partial charge in [-0.25, -0.2) is 35.1 Å². The summed E-state index contributed by atoms with van der Waals surface area (Å²) in [5, 5.41) is 5.09. The number of allylic oxidation sites excluding steroid dienone is 2. The van der Waals surface area contributed by atoms with Crippen LogP contribution < -0.4 is 0 Å². The van der Waals surface area contributed by atoms with Crippen LogP contribution in [-0.2, 0) is 4.79 Å². The minimum absolute atomic E-state index is 0.195. The minimum Gasteiger partial charge on any atom is -0.289 e. The number of nitrogens with zero attached hydrogens (tertiary/aromatic N) is 6. The first kappa shape index (κ1) is 26.3. The second kappa shape index (κ2) is 10.1. The Labute approximate surface area is 195 Å². The fourth-order valence-corrected chi connectivity index (χ4v) is 3.60. The summed E-state index contributed by atoms with van der Waals surface area (Å²) in [5.74, 6) is -17.6. The normalized spacial score (nSPS) is 17.8. The van der Waals surface area contributed by atoms with Gasteiger partial charge < -0.3 is 0 Å². The Morgan fingerprint density at radius 1 is 0.667 bits per heavy atom. The van der Waals surface area contributed by atoms with Gasteiger partial charge in [-0.3, -0.25) is 4.79 Å². The summed E-state index contributed by atoms with van der Waals surface area (Å²) in [5.41, 5.74) is 9.93. The molecule has 0 N–H and O–H groups in total. The Hall–Kier alpha value is -4.35. The molecule has 7 nitrogen and oxygen atoms in total. The van der Waals surface area contributed by atoms with Gasteiger partial charge in [-0.05, 0) is 42.0 Å². The topological polar surface area (TPSA) is 115 Å². The maximum Gasteiger partial charge on any atom is 0.185 e. The van der Waals surface area contributed by atoms with Crippen molar-refractivity contribution in [2.75, 3.05) is 0 Å². The van der Waals surface area contributed by atoms with Gasteiger partial charge in [0.15, 0.2) is 52.3 Å². The molecule has 1 saturated carbocycles. The highest BCUT2D eigenvalue weighted by Crippen LogP contribution is 2.37. The SMILES string of the molecule is CC1CC(=Cc2c(F)c(F)c(N=[N+]=[N-])c(F)c2F)C(=O)C(=Cc2c(F)c(F)c(N=[N+]=[N-])c(F)c2F)C1. The monoisotopic (exact) mass is 514 g/mol. The summed E-state index contributed by atoms with van der Waals surface area (Å²) < 4.78 is 114. The van der Waals surface area contributed by atoms with Gasteiger partial charge in [0.2, 0.25) is 0 Å². The Bertz CT molecular complexity index is 1310. The quantitative estimate of drug-likeness (QED) is 0.101. The fraction of sp³-hybridized carbons (Fsp3) is 0.190. The Kier molecular flexibility index (Phi) is 7.37. The van der Waals surface area contributed by atoms with Gasteiger partial charge in [-0.15, -0.1) is 0 Å². The summed E-state index contributed by atoms with van der Waals surface area (Å²) in [6.45, 7) is 1.51. The third kappa shape index (κ3) is 4.49. The van der Waals surface area contributed by atoms with Crippen LogP contribution in [0.1, 0.15) is 30.9 Å². The third-order valence-corrected chi connectivity index (χ3v) is 5.19. The molecule has 0 atom stereocenters. The number of ketones is 1. The second-order valence-corrected chi connectivity index (χ2v) is 7.60. The number of azide groups is 2. The van der Waals surface area contributed by atoms with E-state index in [1.165, 1.54) is 6.92 Å². The number of hydrogen-bond acceptors (Lipinski definition) is 3. The molecule has 0 bridgehead atoms. The van der Waals surface area contributed by atoms with Gasteiger partial charge in [-0.1, -0.05) is 17.2 Å². The van der Waals surface area contributed by atoms with Gasteiger partial charge in [0.25, 0.3) is 0 Å². The van der Waals surface area contributed by atoms with Crippen molar-refractivity contribution >= 4 is 29.3 Å². The van der Waals surface area contributed by atoms with E-state index in [1.807, 2.05) is 0 Å². The molecule has 1 fully saturated rings. The lowest BCUT2D eigenvalue weighted by atomic mass is 9.80. The van der Waals surface area contributed by atoms with Crippen LogP contribution >= 0.6 is 0 Å². The molecule has 186 valence electrons. The first-order valence-electron chi connectivity index (χ1n) is 9.72. The van der Waals surface area contributed by atoms with Gasteiger partial charge in [-0.2, -0.15) is 0 Å². The molecule has 0 aliphatic heterocycles. The lowest BCUT2D eigenvalue weighted by Gasteiger charge is -2.23. The Morgan fingerprint density at radius 3 is 1.25 bits per heavy atom. The molecule has 15 heteroatoms. The van der Waals surface area contributed by atoms with Crippen LogP contribution in [0.3, 0.4) is 0 Å². The van der Waals surface area contributed by atoms with Crippen molar-refractivity contribution in [3.05, 3.63) is 89.7 Å². The van der Waals surface area contributed by atoms with Crippen molar-refractivity contribution in [1.29, 1.82) is 0 Å². The molecule has 0 unspecified atom stereocenters. The fourth-order valence-electron chi connectivity index (χ4n) is 3.60. The zero-order chi connectivity index (χ0) is 26.9. The van der Waals surface area contributed by atoms with E-state index in [0.717, 1.165) is 0 Å². The third-order valence-electron chi connectivity index (χ3n) is 5.19. The number of hydrogen-bond donors (Lipinski definition) is 0. The average Bonchev–Trinajstić information content (AvgIpc) is 2.84. The Balaban J connectivity index is 2.18. The van der Waals surface area contributed by atoms with Gasteiger partial charge >= 0.3 is 0 Å². The molecule has 1 aliphatic carbocycles. The molecule has 3 rings (SSSR count). The number of Topliss-reactive ketones (excluding diaryl/α,β-unsaturated/α-hetero) is 1. The van der Waals surface area contributed by atoms with E-state index in [0.29, 0.717) is 12.2 Å². The van der Waals surface area contributed by atoms with E-state index < -0.39 is 91.9 Å². The highest BCUT2D eigenvalue weighted by atomic mass is 19.2. The zero-order valence-electron chi connectivity index (χ0n) is 17.8. The maximum absolute atomic E-state index is 14.4. The molecule has 36 heavy (non-hydrogen) atoms. The number of rotatable bonds is 4. The molecule has 0 radical (unpaired) electrons. The summed E-state index contributed by atoms with van der Waals surface area (Å²) in [6, 6.07) is 0. The zero-order valence-corrected chi connectivity index (χ0v) is 17.8. The summed E-state index contributed by atoms with van der Waals surface area (Å²) in [4.78, 5) is 17.0. The van der Waals surface area contributed by atoms with Crippen molar-refractivity contribution in [2.24, 2.45) is 16.1 Å². The molecule has 0 aromatic heterocycles. The average molecular weight is 514 g/mol. The number of carbonyl (C=O) groups excluding carboxylic acids is 1. The van der Waals surface area contributed by atoms with Crippen molar-refractivity contribution in [1.82, 2.24) is 0 Å². The van der Waals surface area contributed by atoms with E-state index >= 15 is 0 Å². The Morgan fingerprint density at radius 2 is 0.972 bits per heavy atom. The summed E-state index contributed by atoms with van der Waals surface area (Å²) >= 11 is 0. The first-order valence-corrected chi connectivity index (χ1v) is 9.72. The molecule has 0 spiro atoms. The largest absolute Gasteiger partial charge is 0.289 e. The van der Waals surface area contributed by atoms with Crippen LogP contribution in [0.4, 0.5) is 46.5 Å². The van der Waals surface area contributed by atoms with Crippen molar-refractivity contribution in [3.8, 4) is 0 Å². The van der Waals surface area contributed by atoms with Crippen molar-refractivity contribution in [2.45, 2.75) is 19.8 Å². The predicted octanol–water partition coefficient (Wildman–Crippen LogP) is 8.15. The van der Waals surface area contributed by atoms with Gasteiger partial charge in [0.05, 0.1) is 11.1 Å². The highest BCUT2D eigenvalue weighted by molar-refractivity contribution is 6.14. The lowest BCUT2D eigenvalue weighted by molar-refractivity contribution is -0.113. The molecular formula is C21H10F8N6O. The number of carbonyl (C=O) groups is 1. The van der Waals surface area contributed by atoms with Crippen LogP contribution in [0.25, 0.3) is 33.0 Å². The van der Waals surface area contributed by atoms with E-state index in [4.69, 9.17) is 11.1 Å². The second-order valence-electron chi connectivity index (χ2n) is 7.60. The molecule has 0 saturated heterocycles. The van der Waals surface area contributed by atoms with Crippen molar-refractivity contribution < 1.29 is 39.9 Å². The summed E-state index contributed by atoms with van der Waals surface area (Å²) in [6.07, 6.45) is 0.558. The molecule has 0 heterocycles. The molecule has 2 aromatic carbocycles. The maximum atomic E-state index is 14.4. The molecular weight excluding hydrogens is 504 g/mol. The van der Waals surface area contributed by atoms with Crippen LogP contribution in [0.2, 0.25) is 0 Å². The van der Waals surface area contributed by atoms with E-state index in [9.17, 15) is 39.9 Å². The van der Waals surface area contributed by atoms with E-state index in [-0.39, 0.29) is 12.8 Å². The molecule has 0 amide bonds. The number of halogens is 8. The van der Waals surface area contributed by atoms with E-state index in [1.54, 1.807) is 0 Å². The lowest BCUT2D eigenvalue weighted by Crippen LogP contribution is -2.19. The van der Waals surface area contributed by atoms with Crippen LogP contribution in [0.5, 0.6) is 0 Å². The highest BCUT2D eigenvalue weighted by Gasteiger charge is 2.30. The van der Waals surface area contributed by atoms with Crippen LogP contribution in [-0.4, -0.2) is 5.78 Å². The molecule has 2 aromatic rings. The van der Waals surface area contributed by atoms with Gasteiger partial charge in [0, 0.05) is 21.0 Å². The predicted molar refractivity (Wildman–Crippen MR) is 110 cm³/mol. The van der Waals surface area contributed by atoms with Crippen molar-refractivity contribution in [3.63, 3.8) is 0 Å². The minimum atomic E-state index is -2.03. The first-order chi connectivity index (χ1) is 16.9. The van der Waals surface area contributed by atoms with Crippen LogP contribution in [0.15, 0.2) is 21.4 Å². The molecule has 1 aliphatic rings. The van der Waals surface area contributed by atoms with Gasteiger partial charge in [0.1, 0.15) is 11.4 Å². The summed E-state index contributed by atoms with van der Waals surface area (Å²) in [7, 11) is 0. The van der Waals surface area contributed by atoms with E-state index in [2.05, 4.69) is 20.1 Å².